The highest BCUT2D eigenvalue weighted by atomic mass is 32.2. The summed E-state index contributed by atoms with van der Waals surface area (Å²) in [6.45, 7) is 0.957. The highest BCUT2D eigenvalue weighted by Gasteiger charge is 2.15. The third kappa shape index (κ3) is 5.55. The van der Waals surface area contributed by atoms with Gasteiger partial charge in [-0.2, -0.15) is 11.8 Å². The minimum Gasteiger partial charge on any atom is -0.355 e. The summed E-state index contributed by atoms with van der Waals surface area (Å²) < 4.78 is 12.8. The Labute approximate surface area is 134 Å². The predicted molar refractivity (Wildman–Crippen MR) is 89.9 cm³/mol. The number of rotatable bonds is 5. The maximum atomic E-state index is 12.8. The van der Waals surface area contributed by atoms with Crippen LogP contribution in [0, 0.1) is 5.82 Å². The van der Waals surface area contributed by atoms with Crippen molar-refractivity contribution in [3.05, 3.63) is 30.1 Å². The number of thioether (sulfide) groups is 1. The Morgan fingerprint density at radius 2 is 2.14 bits per heavy atom. The van der Waals surface area contributed by atoms with Crippen LogP contribution in [0.2, 0.25) is 0 Å². The van der Waals surface area contributed by atoms with E-state index in [0.717, 1.165) is 6.54 Å². The van der Waals surface area contributed by atoms with Crippen LogP contribution in [0.15, 0.2) is 29.3 Å². The quantitative estimate of drug-likeness (QED) is 0.571. The van der Waals surface area contributed by atoms with Gasteiger partial charge < -0.3 is 16.0 Å². The Balaban J connectivity index is 1.70. The highest BCUT2D eigenvalue weighted by molar-refractivity contribution is 8.00. The van der Waals surface area contributed by atoms with Crippen molar-refractivity contribution >= 4 is 29.3 Å². The molecule has 1 aromatic rings. The van der Waals surface area contributed by atoms with Crippen LogP contribution in [0.25, 0.3) is 0 Å². The molecule has 1 aliphatic rings. The minimum atomic E-state index is -0.328. The number of nitrogens with one attached hydrogen (secondary N) is 3. The molecule has 0 spiro atoms. The second-order valence-electron chi connectivity index (χ2n) is 5.00. The molecular formula is C15H21FN4OS. The highest BCUT2D eigenvalue weighted by Crippen LogP contribution is 2.25. The van der Waals surface area contributed by atoms with Gasteiger partial charge in [-0.15, -0.1) is 0 Å². The summed E-state index contributed by atoms with van der Waals surface area (Å²) in [6.07, 6.45) is 2.49. The van der Waals surface area contributed by atoms with E-state index in [1.807, 2.05) is 11.8 Å². The zero-order chi connectivity index (χ0) is 15.8. The van der Waals surface area contributed by atoms with Gasteiger partial charge >= 0.3 is 0 Å². The van der Waals surface area contributed by atoms with E-state index >= 15 is 0 Å². The van der Waals surface area contributed by atoms with Gasteiger partial charge in [0.2, 0.25) is 5.91 Å². The molecule has 1 aromatic carbocycles. The first kappa shape index (κ1) is 16.6. The molecule has 2 rings (SSSR count). The van der Waals surface area contributed by atoms with Crippen molar-refractivity contribution in [2.24, 2.45) is 4.99 Å². The summed E-state index contributed by atoms with van der Waals surface area (Å²) in [5.41, 5.74) is 0.568. The average Bonchev–Trinajstić information content (AvgIpc) is 3.03. The van der Waals surface area contributed by atoms with Gasteiger partial charge in [-0.1, -0.05) is 0 Å². The summed E-state index contributed by atoms with van der Waals surface area (Å²) in [6, 6.07) is 5.67. The van der Waals surface area contributed by atoms with E-state index in [1.165, 1.54) is 42.9 Å². The molecule has 7 heteroatoms. The normalized spacial score (nSPS) is 18.1. The largest absolute Gasteiger partial charge is 0.355 e. The molecule has 1 fully saturated rings. The zero-order valence-electron chi connectivity index (χ0n) is 12.6. The van der Waals surface area contributed by atoms with E-state index < -0.39 is 0 Å². The molecular weight excluding hydrogens is 303 g/mol. The van der Waals surface area contributed by atoms with E-state index in [2.05, 4.69) is 20.9 Å². The van der Waals surface area contributed by atoms with Gasteiger partial charge in [-0.05, 0) is 42.9 Å². The number of carbonyl (C=O) groups is 1. The van der Waals surface area contributed by atoms with Crippen molar-refractivity contribution in [1.82, 2.24) is 10.6 Å². The van der Waals surface area contributed by atoms with Crippen LogP contribution in [-0.4, -0.2) is 43.0 Å². The van der Waals surface area contributed by atoms with Crippen LogP contribution in [0.3, 0.4) is 0 Å². The molecule has 0 saturated carbocycles. The SMILES string of the molecule is CN=C(NCC(=O)Nc1ccc(F)cc1)NCC1CCCS1. The van der Waals surface area contributed by atoms with E-state index in [9.17, 15) is 9.18 Å². The fourth-order valence-electron chi connectivity index (χ4n) is 2.14. The molecule has 22 heavy (non-hydrogen) atoms. The fourth-order valence-corrected chi connectivity index (χ4v) is 3.34. The number of hydrogen-bond donors (Lipinski definition) is 3. The van der Waals surface area contributed by atoms with Crippen LogP contribution in [0.5, 0.6) is 0 Å². The average molecular weight is 324 g/mol. The van der Waals surface area contributed by atoms with Crippen molar-refractivity contribution in [2.75, 3.05) is 31.2 Å². The van der Waals surface area contributed by atoms with Crippen LogP contribution in [-0.2, 0) is 4.79 Å². The Morgan fingerprint density at radius 1 is 1.36 bits per heavy atom. The summed E-state index contributed by atoms with van der Waals surface area (Å²) in [4.78, 5) is 15.9. The van der Waals surface area contributed by atoms with Crippen LogP contribution in [0.4, 0.5) is 10.1 Å². The van der Waals surface area contributed by atoms with Crippen molar-refractivity contribution < 1.29 is 9.18 Å². The number of anilines is 1. The summed E-state index contributed by atoms with van der Waals surface area (Å²) in [5, 5.41) is 9.50. The van der Waals surface area contributed by atoms with Gasteiger partial charge in [0.25, 0.3) is 0 Å². The van der Waals surface area contributed by atoms with Crippen LogP contribution in [0.1, 0.15) is 12.8 Å². The van der Waals surface area contributed by atoms with Crippen molar-refractivity contribution in [3.63, 3.8) is 0 Å². The first-order chi connectivity index (χ1) is 10.7. The molecule has 1 saturated heterocycles. The first-order valence-electron chi connectivity index (χ1n) is 7.29. The summed E-state index contributed by atoms with van der Waals surface area (Å²) >= 11 is 1.97. The van der Waals surface area contributed by atoms with Gasteiger partial charge in [0, 0.05) is 24.5 Å². The molecule has 0 radical (unpaired) electrons. The lowest BCUT2D eigenvalue weighted by Crippen LogP contribution is -2.43. The summed E-state index contributed by atoms with van der Waals surface area (Å²) in [5.74, 6) is 1.30. The standard InChI is InChI=1S/C15H21FN4OS/c1-17-15(18-9-13-3-2-8-22-13)19-10-14(21)20-12-6-4-11(16)5-7-12/h4-7,13H,2-3,8-10H2,1H3,(H,20,21)(H2,17,18,19). The lowest BCUT2D eigenvalue weighted by atomic mass is 10.2. The molecule has 1 heterocycles. The molecule has 0 bridgehead atoms. The molecule has 1 atom stereocenters. The Morgan fingerprint density at radius 3 is 2.77 bits per heavy atom. The van der Waals surface area contributed by atoms with E-state index in [0.29, 0.717) is 16.9 Å². The monoisotopic (exact) mass is 324 g/mol. The van der Waals surface area contributed by atoms with E-state index in [-0.39, 0.29) is 18.3 Å². The number of nitrogens with zero attached hydrogens (tertiary/aromatic N) is 1. The number of halogens is 1. The number of carbonyl (C=O) groups excluding carboxylic acids is 1. The Kier molecular flexibility index (Phi) is 6.51. The lowest BCUT2D eigenvalue weighted by Gasteiger charge is -2.14. The molecule has 1 amide bonds. The molecule has 3 N–H and O–H groups in total. The molecule has 120 valence electrons. The third-order valence-electron chi connectivity index (χ3n) is 3.29. The second kappa shape index (κ2) is 8.63. The third-order valence-corrected chi connectivity index (χ3v) is 4.69. The number of aliphatic imine (C=N–C) groups is 1. The predicted octanol–water partition coefficient (Wildman–Crippen LogP) is 1.82. The smallest absolute Gasteiger partial charge is 0.243 e. The summed E-state index contributed by atoms with van der Waals surface area (Å²) in [7, 11) is 1.68. The number of guanidine groups is 1. The van der Waals surface area contributed by atoms with Crippen molar-refractivity contribution in [3.8, 4) is 0 Å². The number of benzene rings is 1. The Bertz CT molecular complexity index is 515. The fraction of sp³-hybridized carbons (Fsp3) is 0.467. The van der Waals surface area contributed by atoms with Gasteiger partial charge in [0.05, 0.1) is 6.54 Å². The number of hydrogen-bond acceptors (Lipinski definition) is 3. The van der Waals surface area contributed by atoms with E-state index in [1.54, 1.807) is 7.05 Å². The molecule has 0 aliphatic carbocycles. The second-order valence-corrected chi connectivity index (χ2v) is 6.41. The van der Waals surface area contributed by atoms with Gasteiger partial charge in [0.15, 0.2) is 5.96 Å². The van der Waals surface area contributed by atoms with Crippen LogP contribution < -0.4 is 16.0 Å². The maximum absolute atomic E-state index is 12.8. The molecule has 1 aliphatic heterocycles. The lowest BCUT2D eigenvalue weighted by molar-refractivity contribution is -0.115. The van der Waals surface area contributed by atoms with Gasteiger partial charge in [-0.3, -0.25) is 9.79 Å². The van der Waals surface area contributed by atoms with Crippen molar-refractivity contribution in [2.45, 2.75) is 18.1 Å². The maximum Gasteiger partial charge on any atom is 0.243 e. The molecule has 1 unspecified atom stereocenters. The van der Waals surface area contributed by atoms with Crippen LogP contribution >= 0.6 is 11.8 Å². The van der Waals surface area contributed by atoms with Crippen molar-refractivity contribution in [1.29, 1.82) is 0 Å². The van der Waals surface area contributed by atoms with Gasteiger partial charge in [0.1, 0.15) is 5.82 Å². The molecule has 5 nitrogen and oxygen atoms in total. The topological polar surface area (TPSA) is 65.5 Å². The van der Waals surface area contributed by atoms with Gasteiger partial charge in [-0.25, -0.2) is 4.39 Å². The first-order valence-corrected chi connectivity index (χ1v) is 8.34. The zero-order valence-corrected chi connectivity index (χ0v) is 13.4. The minimum absolute atomic E-state index is 0.106. The molecule has 0 aromatic heterocycles. The van der Waals surface area contributed by atoms with E-state index in [4.69, 9.17) is 0 Å². The Hall–Kier alpha value is -1.76. The number of amides is 1.